The molecule has 4 nitrogen and oxygen atoms in total. The van der Waals surface area contributed by atoms with E-state index in [9.17, 15) is 4.79 Å². The fourth-order valence-electron chi connectivity index (χ4n) is 1.51. The smallest absolute Gasteiger partial charge is 0.248 e. The maximum atomic E-state index is 11.7. The fraction of sp³-hybridized carbons (Fsp3) is 0.0667. The van der Waals surface area contributed by atoms with Crippen molar-refractivity contribution < 1.29 is 4.79 Å². The lowest BCUT2D eigenvalue weighted by Crippen LogP contribution is -2.08. The number of nitrogens with two attached hydrogens (primary N) is 1. The number of carbonyl (C=O) groups is 1. The van der Waals surface area contributed by atoms with Crippen LogP contribution in [0.1, 0.15) is 11.1 Å². The van der Waals surface area contributed by atoms with E-state index >= 15 is 0 Å². The number of nitrogens with zero attached hydrogens (tertiary/aromatic N) is 1. The molecule has 0 fully saturated rings. The summed E-state index contributed by atoms with van der Waals surface area (Å²) in [5.74, 6) is 0.223. The molecule has 0 radical (unpaired) electrons. The molecule has 0 spiro atoms. The Morgan fingerprint density at radius 1 is 1.21 bits per heavy atom. The van der Waals surface area contributed by atoms with Crippen molar-refractivity contribution in [1.29, 1.82) is 0 Å². The van der Waals surface area contributed by atoms with Gasteiger partial charge in [-0.25, -0.2) is 4.98 Å². The van der Waals surface area contributed by atoms with Crippen LogP contribution in [0.25, 0.3) is 6.08 Å². The first-order valence-corrected chi connectivity index (χ1v) is 5.91. The largest absolute Gasteiger partial charge is 0.384 e. The Morgan fingerprint density at radius 2 is 1.95 bits per heavy atom. The molecule has 19 heavy (non-hydrogen) atoms. The Hall–Kier alpha value is -2.62. The van der Waals surface area contributed by atoms with E-state index in [1.807, 2.05) is 31.2 Å². The van der Waals surface area contributed by atoms with E-state index in [0.29, 0.717) is 11.5 Å². The SMILES string of the molecule is Cc1ccc(/C=C/C(=O)Nc2ccc(N)nc2)cc1. The highest BCUT2D eigenvalue weighted by Crippen LogP contribution is 2.08. The molecule has 0 atom stereocenters. The number of hydrogen-bond acceptors (Lipinski definition) is 3. The molecule has 0 saturated heterocycles. The van der Waals surface area contributed by atoms with E-state index in [4.69, 9.17) is 5.73 Å². The van der Waals surface area contributed by atoms with Crippen molar-refractivity contribution in [2.75, 3.05) is 11.1 Å². The van der Waals surface area contributed by atoms with Crippen molar-refractivity contribution in [1.82, 2.24) is 4.98 Å². The molecule has 0 aliphatic carbocycles. The molecular formula is C15H15N3O. The van der Waals surface area contributed by atoms with Crippen molar-refractivity contribution >= 4 is 23.5 Å². The summed E-state index contributed by atoms with van der Waals surface area (Å²) in [7, 11) is 0. The Morgan fingerprint density at radius 3 is 2.58 bits per heavy atom. The quantitative estimate of drug-likeness (QED) is 0.826. The van der Waals surface area contributed by atoms with Crippen LogP contribution in [0.4, 0.5) is 11.5 Å². The summed E-state index contributed by atoms with van der Waals surface area (Å²) in [4.78, 5) is 15.6. The van der Waals surface area contributed by atoms with E-state index in [1.54, 1.807) is 18.2 Å². The van der Waals surface area contributed by atoms with Gasteiger partial charge in [0, 0.05) is 6.08 Å². The van der Waals surface area contributed by atoms with Gasteiger partial charge < -0.3 is 11.1 Å². The van der Waals surface area contributed by atoms with Gasteiger partial charge in [0.1, 0.15) is 5.82 Å². The molecule has 4 heteroatoms. The molecule has 0 aliphatic heterocycles. The lowest BCUT2D eigenvalue weighted by atomic mass is 10.1. The molecule has 0 bridgehead atoms. The van der Waals surface area contributed by atoms with Crippen molar-refractivity contribution in [3.8, 4) is 0 Å². The number of anilines is 2. The Bertz CT molecular complexity index is 586. The molecule has 1 heterocycles. The number of nitrogen functional groups attached to an aromatic ring is 1. The third kappa shape index (κ3) is 3.96. The lowest BCUT2D eigenvalue weighted by Gasteiger charge is -2.01. The zero-order valence-electron chi connectivity index (χ0n) is 10.6. The van der Waals surface area contributed by atoms with Crippen LogP contribution in [0.3, 0.4) is 0 Å². The molecule has 1 amide bonds. The normalized spacial score (nSPS) is 10.6. The van der Waals surface area contributed by atoms with Crippen molar-refractivity contribution in [3.63, 3.8) is 0 Å². The van der Waals surface area contributed by atoms with E-state index < -0.39 is 0 Å². The van der Waals surface area contributed by atoms with Crippen molar-refractivity contribution in [2.24, 2.45) is 0 Å². The number of aryl methyl sites for hydroxylation is 1. The van der Waals surface area contributed by atoms with Crippen molar-refractivity contribution in [3.05, 3.63) is 59.8 Å². The highest BCUT2D eigenvalue weighted by Gasteiger charge is 1.98. The minimum absolute atomic E-state index is 0.202. The van der Waals surface area contributed by atoms with Gasteiger partial charge in [0.25, 0.3) is 0 Å². The highest BCUT2D eigenvalue weighted by atomic mass is 16.1. The van der Waals surface area contributed by atoms with E-state index in [2.05, 4.69) is 10.3 Å². The number of rotatable bonds is 3. The molecule has 96 valence electrons. The third-order valence-corrected chi connectivity index (χ3v) is 2.56. The van der Waals surface area contributed by atoms with Gasteiger partial charge in [0.05, 0.1) is 11.9 Å². The highest BCUT2D eigenvalue weighted by molar-refractivity contribution is 6.01. The molecule has 0 unspecified atom stereocenters. The monoisotopic (exact) mass is 253 g/mol. The van der Waals surface area contributed by atoms with E-state index in [0.717, 1.165) is 5.56 Å². The van der Waals surface area contributed by atoms with Crippen LogP contribution < -0.4 is 11.1 Å². The number of hydrogen-bond donors (Lipinski definition) is 2. The summed E-state index contributed by atoms with van der Waals surface area (Å²) in [6.45, 7) is 2.02. The predicted molar refractivity (Wildman–Crippen MR) is 77.5 cm³/mol. The first kappa shape index (κ1) is 12.8. The van der Waals surface area contributed by atoms with Gasteiger partial charge in [0.15, 0.2) is 0 Å². The number of benzene rings is 1. The van der Waals surface area contributed by atoms with Gasteiger partial charge in [-0.2, -0.15) is 0 Å². The van der Waals surface area contributed by atoms with Gasteiger partial charge >= 0.3 is 0 Å². The Balaban J connectivity index is 1.97. The maximum absolute atomic E-state index is 11.7. The minimum atomic E-state index is -0.202. The zero-order chi connectivity index (χ0) is 13.7. The van der Waals surface area contributed by atoms with Crippen molar-refractivity contribution in [2.45, 2.75) is 6.92 Å². The molecule has 3 N–H and O–H groups in total. The lowest BCUT2D eigenvalue weighted by molar-refractivity contribution is -0.111. The first-order chi connectivity index (χ1) is 9.13. The summed E-state index contributed by atoms with van der Waals surface area (Å²) < 4.78 is 0. The topological polar surface area (TPSA) is 68.0 Å². The number of carbonyl (C=O) groups excluding carboxylic acids is 1. The summed E-state index contributed by atoms with van der Waals surface area (Å²) >= 11 is 0. The Labute approximate surface area is 112 Å². The second kappa shape index (κ2) is 5.82. The van der Waals surface area contributed by atoms with Crippen LogP contribution in [0.5, 0.6) is 0 Å². The second-order valence-electron chi connectivity index (χ2n) is 4.21. The summed E-state index contributed by atoms with van der Waals surface area (Å²) in [6.07, 6.45) is 4.77. The van der Waals surface area contributed by atoms with Gasteiger partial charge in [-0.15, -0.1) is 0 Å². The maximum Gasteiger partial charge on any atom is 0.248 e. The summed E-state index contributed by atoms with van der Waals surface area (Å²) in [5, 5.41) is 2.71. The number of pyridine rings is 1. The zero-order valence-corrected chi connectivity index (χ0v) is 10.6. The van der Waals surface area contributed by atoms with Crippen LogP contribution in [-0.2, 0) is 4.79 Å². The Kier molecular flexibility index (Phi) is 3.93. The molecular weight excluding hydrogens is 238 g/mol. The van der Waals surface area contributed by atoms with Gasteiger partial charge in [-0.1, -0.05) is 29.8 Å². The molecule has 0 aliphatic rings. The standard InChI is InChI=1S/C15H15N3O/c1-11-2-4-12(5-3-11)6-9-15(19)18-13-7-8-14(16)17-10-13/h2-10H,1H3,(H2,16,17)(H,18,19)/b9-6+. The fourth-order valence-corrected chi connectivity index (χ4v) is 1.51. The molecule has 0 saturated carbocycles. The first-order valence-electron chi connectivity index (χ1n) is 5.91. The third-order valence-electron chi connectivity index (χ3n) is 2.56. The second-order valence-corrected chi connectivity index (χ2v) is 4.21. The molecule has 2 rings (SSSR count). The van der Waals surface area contributed by atoms with E-state index in [1.165, 1.54) is 17.8 Å². The summed E-state index contributed by atoms with van der Waals surface area (Å²) in [6, 6.07) is 11.3. The van der Waals surface area contributed by atoms with Gasteiger partial charge in [-0.3, -0.25) is 4.79 Å². The van der Waals surface area contributed by atoms with Gasteiger partial charge in [-0.05, 0) is 30.7 Å². The summed E-state index contributed by atoms with van der Waals surface area (Å²) in [5.41, 5.74) is 8.26. The average Bonchev–Trinajstić information content (AvgIpc) is 2.41. The predicted octanol–water partition coefficient (Wildman–Crippen LogP) is 2.62. The number of amides is 1. The van der Waals surface area contributed by atoms with Crippen LogP contribution >= 0.6 is 0 Å². The average molecular weight is 253 g/mol. The van der Waals surface area contributed by atoms with Gasteiger partial charge in [0.2, 0.25) is 5.91 Å². The minimum Gasteiger partial charge on any atom is -0.384 e. The molecule has 2 aromatic rings. The van der Waals surface area contributed by atoms with Crippen LogP contribution in [0.2, 0.25) is 0 Å². The molecule has 1 aromatic heterocycles. The number of nitrogens with one attached hydrogen (secondary N) is 1. The van der Waals surface area contributed by atoms with Crippen LogP contribution in [-0.4, -0.2) is 10.9 Å². The molecule has 1 aromatic carbocycles. The number of aromatic nitrogens is 1. The van der Waals surface area contributed by atoms with E-state index in [-0.39, 0.29) is 5.91 Å². The van der Waals surface area contributed by atoms with Crippen LogP contribution in [0.15, 0.2) is 48.7 Å². The van der Waals surface area contributed by atoms with Crippen LogP contribution in [0, 0.1) is 6.92 Å².